The first-order chi connectivity index (χ1) is 13.0. The minimum Gasteiger partial charge on any atom is -0.457 e. The first-order valence-electron chi connectivity index (χ1n) is 8.27. The summed E-state index contributed by atoms with van der Waals surface area (Å²) in [6.07, 6.45) is 1.54. The van der Waals surface area contributed by atoms with E-state index in [2.05, 4.69) is 10.3 Å². The maximum Gasteiger partial charge on any atom is 0.340 e. The zero-order chi connectivity index (χ0) is 19.2. The number of anilines is 1. The van der Waals surface area contributed by atoms with Gasteiger partial charge < -0.3 is 10.1 Å². The highest BCUT2D eigenvalue weighted by Crippen LogP contribution is 2.18. The molecule has 3 rings (SSSR count). The molecule has 136 valence electrons. The summed E-state index contributed by atoms with van der Waals surface area (Å²) < 4.78 is 5.33. The van der Waals surface area contributed by atoms with Crippen LogP contribution in [0.3, 0.4) is 0 Å². The van der Waals surface area contributed by atoms with Crippen molar-refractivity contribution < 1.29 is 14.3 Å². The standard InChI is InChI=1S/C21H17ClN2O3/c1-14-5-4-6-16(11-14)20(25)24-18-8-3-2-7-17(18)21(26)27-13-15-9-10-19(22)23-12-15/h2-12H,13H2,1H3,(H,24,25). The third-order valence-electron chi connectivity index (χ3n) is 3.83. The molecule has 0 unspecified atom stereocenters. The monoisotopic (exact) mass is 380 g/mol. The molecule has 5 nitrogen and oxygen atoms in total. The molecule has 1 amide bonds. The second-order valence-electron chi connectivity index (χ2n) is 5.93. The summed E-state index contributed by atoms with van der Waals surface area (Å²) in [6.45, 7) is 1.97. The Labute approximate surface area is 162 Å². The summed E-state index contributed by atoms with van der Waals surface area (Å²) in [5, 5.41) is 3.14. The number of nitrogens with zero attached hydrogens (tertiary/aromatic N) is 1. The predicted octanol–water partition coefficient (Wildman–Crippen LogP) is 4.65. The van der Waals surface area contributed by atoms with Crippen LogP contribution >= 0.6 is 11.6 Å². The third kappa shape index (κ3) is 4.92. The van der Waals surface area contributed by atoms with Gasteiger partial charge in [0, 0.05) is 17.3 Å². The van der Waals surface area contributed by atoms with Crippen molar-refractivity contribution in [2.45, 2.75) is 13.5 Å². The fourth-order valence-electron chi connectivity index (χ4n) is 2.47. The Morgan fingerprint density at radius 2 is 1.89 bits per heavy atom. The number of nitrogens with one attached hydrogen (secondary N) is 1. The number of aromatic nitrogens is 1. The van der Waals surface area contributed by atoms with Crippen LogP contribution in [0.4, 0.5) is 5.69 Å². The Hall–Kier alpha value is -3.18. The summed E-state index contributed by atoms with van der Waals surface area (Å²) in [5.74, 6) is -0.828. The molecule has 0 aliphatic heterocycles. The van der Waals surface area contributed by atoms with Crippen molar-refractivity contribution in [1.29, 1.82) is 0 Å². The average molecular weight is 381 g/mol. The number of aryl methyl sites for hydroxylation is 1. The summed E-state index contributed by atoms with van der Waals surface area (Å²) in [5.41, 5.74) is 2.88. The number of carbonyl (C=O) groups excluding carboxylic acids is 2. The van der Waals surface area contributed by atoms with Gasteiger partial charge in [0.1, 0.15) is 11.8 Å². The highest BCUT2D eigenvalue weighted by atomic mass is 35.5. The molecular weight excluding hydrogens is 364 g/mol. The Kier molecular flexibility index (Phi) is 5.84. The molecule has 0 radical (unpaired) electrons. The number of pyridine rings is 1. The molecule has 1 aromatic heterocycles. The maximum atomic E-state index is 12.5. The molecule has 2 aromatic carbocycles. The number of para-hydroxylation sites is 1. The van der Waals surface area contributed by atoms with Crippen molar-refractivity contribution in [3.05, 3.63) is 94.3 Å². The van der Waals surface area contributed by atoms with Crippen molar-refractivity contribution in [3.63, 3.8) is 0 Å². The number of amides is 1. The smallest absolute Gasteiger partial charge is 0.340 e. The van der Waals surface area contributed by atoms with E-state index >= 15 is 0 Å². The van der Waals surface area contributed by atoms with E-state index in [1.54, 1.807) is 54.7 Å². The fraction of sp³-hybridized carbons (Fsp3) is 0.0952. The topological polar surface area (TPSA) is 68.3 Å². The van der Waals surface area contributed by atoms with Crippen molar-refractivity contribution >= 4 is 29.2 Å². The van der Waals surface area contributed by atoms with Gasteiger partial charge in [-0.3, -0.25) is 4.79 Å². The number of rotatable bonds is 5. The van der Waals surface area contributed by atoms with Crippen LogP contribution in [0.15, 0.2) is 66.9 Å². The summed E-state index contributed by atoms with van der Waals surface area (Å²) >= 11 is 5.74. The van der Waals surface area contributed by atoms with Gasteiger partial charge >= 0.3 is 5.97 Å². The fourth-order valence-corrected chi connectivity index (χ4v) is 2.58. The Morgan fingerprint density at radius 3 is 2.63 bits per heavy atom. The third-order valence-corrected chi connectivity index (χ3v) is 4.06. The zero-order valence-corrected chi connectivity index (χ0v) is 15.4. The van der Waals surface area contributed by atoms with Crippen LogP contribution in [-0.2, 0) is 11.3 Å². The number of halogens is 1. The highest BCUT2D eigenvalue weighted by Gasteiger charge is 2.15. The normalized spacial score (nSPS) is 10.3. The van der Waals surface area contributed by atoms with Gasteiger partial charge in [-0.2, -0.15) is 0 Å². The average Bonchev–Trinajstić information content (AvgIpc) is 2.67. The van der Waals surface area contributed by atoms with Crippen molar-refractivity contribution in [2.75, 3.05) is 5.32 Å². The molecule has 1 N–H and O–H groups in total. The van der Waals surface area contributed by atoms with Gasteiger partial charge in [-0.15, -0.1) is 0 Å². The van der Waals surface area contributed by atoms with Crippen molar-refractivity contribution in [1.82, 2.24) is 4.98 Å². The van der Waals surface area contributed by atoms with Gasteiger partial charge in [0.15, 0.2) is 0 Å². The molecule has 0 spiro atoms. The lowest BCUT2D eigenvalue weighted by Gasteiger charge is -2.11. The summed E-state index contributed by atoms with van der Waals surface area (Å²) in [4.78, 5) is 28.9. The lowest BCUT2D eigenvalue weighted by Crippen LogP contribution is -2.16. The molecule has 0 aliphatic carbocycles. The number of ether oxygens (including phenoxy) is 1. The van der Waals surface area contributed by atoms with Crippen LogP contribution in [0.25, 0.3) is 0 Å². The van der Waals surface area contributed by atoms with Gasteiger partial charge in [-0.05, 0) is 37.3 Å². The second-order valence-corrected chi connectivity index (χ2v) is 6.32. The number of hydrogen-bond acceptors (Lipinski definition) is 4. The molecule has 3 aromatic rings. The van der Waals surface area contributed by atoms with Crippen LogP contribution in [-0.4, -0.2) is 16.9 Å². The lowest BCUT2D eigenvalue weighted by molar-refractivity contribution is 0.0473. The molecule has 0 aliphatic rings. The number of carbonyl (C=O) groups is 2. The first kappa shape index (κ1) is 18.6. The summed E-state index contributed by atoms with van der Waals surface area (Å²) in [7, 11) is 0. The Balaban J connectivity index is 1.72. The van der Waals surface area contributed by atoms with E-state index in [4.69, 9.17) is 16.3 Å². The van der Waals surface area contributed by atoms with E-state index in [-0.39, 0.29) is 18.1 Å². The molecule has 0 saturated carbocycles. The molecule has 0 atom stereocenters. The van der Waals surface area contributed by atoms with Crippen LogP contribution in [0.5, 0.6) is 0 Å². The lowest BCUT2D eigenvalue weighted by atomic mass is 10.1. The Bertz CT molecular complexity index is 971. The van der Waals surface area contributed by atoms with Gasteiger partial charge in [0.25, 0.3) is 5.91 Å². The molecule has 0 bridgehead atoms. The molecular formula is C21H17ClN2O3. The van der Waals surface area contributed by atoms with Gasteiger partial charge in [-0.1, -0.05) is 47.5 Å². The second kappa shape index (κ2) is 8.47. The van der Waals surface area contributed by atoms with Gasteiger partial charge in [0.2, 0.25) is 0 Å². The Morgan fingerprint density at radius 1 is 1.07 bits per heavy atom. The molecule has 1 heterocycles. The van der Waals surface area contributed by atoms with E-state index < -0.39 is 5.97 Å². The van der Waals surface area contributed by atoms with Crippen LogP contribution in [0.1, 0.15) is 31.8 Å². The zero-order valence-electron chi connectivity index (χ0n) is 14.6. The molecule has 6 heteroatoms. The summed E-state index contributed by atoms with van der Waals surface area (Å²) in [6, 6.07) is 17.3. The minimum absolute atomic E-state index is 0.0587. The van der Waals surface area contributed by atoms with E-state index in [1.165, 1.54) is 0 Å². The van der Waals surface area contributed by atoms with Crippen molar-refractivity contribution in [3.8, 4) is 0 Å². The predicted molar refractivity (Wildman–Crippen MR) is 104 cm³/mol. The van der Waals surface area contributed by atoms with Gasteiger partial charge in [-0.25, -0.2) is 9.78 Å². The van der Waals surface area contributed by atoms with Gasteiger partial charge in [0.05, 0.1) is 11.3 Å². The number of esters is 1. The first-order valence-corrected chi connectivity index (χ1v) is 8.65. The largest absolute Gasteiger partial charge is 0.457 e. The van der Waals surface area contributed by atoms with E-state index in [0.29, 0.717) is 22.0 Å². The van der Waals surface area contributed by atoms with Crippen LogP contribution in [0.2, 0.25) is 5.15 Å². The van der Waals surface area contributed by atoms with E-state index in [1.807, 2.05) is 19.1 Å². The maximum absolute atomic E-state index is 12.5. The van der Waals surface area contributed by atoms with Crippen LogP contribution < -0.4 is 5.32 Å². The SMILES string of the molecule is Cc1cccc(C(=O)Nc2ccccc2C(=O)OCc2ccc(Cl)nc2)c1. The van der Waals surface area contributed by atoms with E-state index in [0.717, 1.165) is 5.56 Å². The van der Waals surface area contributed by atoms with Crippen molar-refractivity contribution in [2.24, 2.45) is 0 Å². The quantitative estimate of drug-likeness (QED) is 0.516. The number of hydrogen-bond donors (Lipinski definition) is 1. The molecule has 27 heavy (non-hydrogen) atoms. The molecule has 0 saturated heterocycles. The number of benzene rings is 2. The highest BCUT2D eigenvalue weighted by molar-refractivity contribution is 6.29. The van der Waals surface area contributed by atoms with Crippen LogP contribution in [0, 0.1) is 6.92 Å². The van der Waals surface area contributed by atoms with E-state index in [9.17, 15) is 9.59 Å². The minimum atomic E-state index is -0.537. The molecule has 0 fully saturated rings.